The molecule has 2 N–H and O–H groups in total. The zero-order chi connectivity index (χ0) is 20.8. The van der Waals surface area contributed by atoms with Gasteiger partial charge in [0.2, 0.25) is 0 Å². The van der Waals surface area contributed by atoms with Crippen molar-refractivity contribution in [2.24, 2.45) is 0 Å². The van der Waals surface area contributed by atoms with Crippen LogP contribution in [-0.2, 0) is 4.74 Å². The van der Waals surface area contributed by atoms with Crippen LogP contribution in [0.25, 0.3) is 0 Å². The predicted molar refractivity (Wildman–Crippen MR) is 111 cm³/mol. The van der Waals surface area contributed by atoms with E-state index >= 15 is 0 Å². The molecule has 0 aromatic heterocycles. The molecule has 0 heterocycles. The van der Waals surface area contributed by atoms with Gasteiger partial charge in [0.1, 0.15) is 0 Å². The molecule has 0 atom stereocenters. The number of para-hydroxylation sites is 1. The molecule has 3 rings (SSSR count). The first kappa shape index (κ1) is 19.8. The number of aryl methyl sites for hydroxylation is 1. The Bertz CT molecular complexity index is 1080. The Hall–Kier alpha value is -3.93. The number of esters is 1. The van der Waals surface area contributed by atoms with Crippen LogP contribution in [0.5, 0.6) is 0 Å². The fourth-order valence-electron chi connectivity index (χ4n) is 2.75. The van der Waals surface area contributed by atoms with Gasteiger partial charge in [-0.25, -0.2) is 4.79 Å². The highest BCUT2D eigenvalue weighted by Gasteiger charge is 2.13. The van der Waals surface area contributed by atoms with Gasteiger partial charge in [0.05, 0.1) is 12.7 Å². The highest BCUT2D eigenvalue weighted by molar-refractivity contribution is 6.09. The molecule has 2 amide bonds. The van der Waals surface area contributed by atoms with Crippen molar-refractivity contribution in [3.8, 4) is 0 Å². The summed E-state index contributed by atoms with van der Waals surface area (Å²) in [7, 11) is 1.29. The molecule has 0 aliphatic heterocycles. The molecule has 0 spiro atoms. The second kappa shape index (κ2) is 8.84. The van der Waals surface area contributed by atoms with Crippen LogP contribution in [0.2, 0.25) is 0 Å². The lowest BCUT2D eigenvalue weighted by atomic mass is 10.1. The van der Waals surface area contributed by atoms with E-state index in [9.17, 15) is 14.4 Å². The molecular formula is C23H20N2O4. The van der Waals surface area contributed by atoms with E-state index in [0.29, 0.717) is 28.1 Å². The summed E-state index contributed by atoms with van der Waals surface area (Å²) in [6.07, 6.45) is 0. The average molecular weight is 388 g/mol. The number of hydrogen-bond donors (Lipinski definition) is 2. The van der Waals surface area contributed by atoms with Crippen LogP contribution < -0.4 is 10.6 Å². The third kappa shape index (κ3) is 4.87. The maximum absolute atomic E-state index is 12.6. The quantitative estimate of drug-likeness (QED) is 0.639. The van der Waals surface area contributed by atoms with Gasteiger partial charge in [-0.1, -0.05) is 30.3 Å². The second-order valence-corrected chi connectivity index (χ2v) is 6.38. The monoisotopic (exact) mass is 388 g/mol. The van der Waals surface area contributed by atoms with E-state index in [1.165, 1.54) is 19.2 Å². The summed E-state index contributed by atoms with van der Waals surface area (Å²) in [6, 6.07) is 20.3. The zero-order valence-electron chi connectivity index (χ0n) is 16.1. The van der Waals surface area contributed by atoms with Crippen molar-refractivity contribution < 1.29 is 19.1 Å². The number of methoxy groups -OCH3 is 1. The Labute approximate surface area is 168 Å². The number of carbonyl (C=O) groups excluding carboxylic acids is 3. The highest BCUT2D eigenvalue weighted by Crippen LogP contribution is 2.17. The largest absolute Gasteiger partial charge is 0.465 e. The molecule has 0 unspecified atom stereocenters. The van der Waals surface area contributed by atoms with Crippen LogP contribution in [0, 0.1) is 6.92 Å². The van der Waals surface area contributed by atoms with E-state index in [2.05, 4.69) is 15.4 Å². The molecule has 146 valence electrons. The Morgan fingerprint density at radius 3 is 2.03 bits per heavy atom. The van der Waals surface area contributed by atoms with Crippen LogP contribution in [0.3, 0.4) is 0 Å². The lowest BCUT2D eigenvalue weighted by Gasteiger charge is -2.10. The van der Waals surface area contributed by atoms with E-state index in [0.717, 1.165) is 5.56 Å². The van der Waals surface area contributed by atoms with Crippen LogP contribution in [-0.4, -0.2) is 24.9 Å². The van der Waals surface area contributed by atoms with Gasteiger partial charge >= 0.3 is 5.97 Å². The summed E-state index contributed by atoms with van der Waals surface area (Å²) in [5, 5.41) is 5.57. The number of rotatable bonds is 5. The van der Waals surface area contributed by atoms with Gasteiger partial charge < -0.3 is 15.4 Å². The third-order valence-corrected chi connectivity index (χ3v) is 4.32. The van der Waals surface area contributed by atoms with Gasteiger partial charge in [0.15, 0.2) is 0 Å². The van der Waals surface area contributed by atoms with Crippen LogP contribution in [0.15, 0.2) is 72.8 Å². The molecular weight excluding hydrogens is 368 g/mol. The standard InChI is InChI=1S/C23H20N2O4/c1-15-7-3-4-12-20(15)25-22(27)17-9-5-8-16(13-17)21(26)24-19-11-6-10-18(14-19)23(28)29-2/h3-14H,1-2H3,(H,24,26)(H,25,27). The maximum atomic E-state index is 12.6. The predicted octanol–water partition coefficient (Wildman–Crippen LogP) is 4.29. The summed E-state index contributed by atoms with van der Waals surface area (Å²) in [4.78, 5) is 36.8. The van der Waals surface area contributed by atoms with Crippen molar-refractivity contribution in [1.29, 1.82) is 0 Å². The minimum absolute atomic E-state index is 0.304. The van der Waals surface area contributed by atoms with Crippen molar-refractivity contribution in [3.05, 3.63) is 95.1 Å². The Morgan fingerprint density at radius 2 is 1.34 bits per heavy atom. The van der Waals surface area contributed by atoms with Crippen LogP contribution >= 0.6 is 0 Å². The first-order chi connectivity index (χ1) is 14.0. The third-order valence-electron chi connectivity index (χ3n) is 4.32. The molecule has 0 saturated heterocycles. The van der Waals surface area contributed by atoms with Gasteiger partial charge in [-0.05, 0) is 55.0 Å². The Kier molecular flexibility index (Phi) is 6.04. The number of anilines is 2. The molecule has 3 aromatic carbocycles. The minimum atomic E-state index is -0.490. The SMILES string of the molecule is COC(=O)c1cccc(NC(=O)c2cccc(C(=O)Nc3ccccc3C)c2)c1. The molecule has 6 nitrogen and oxygen atoms in total. The maximum Gasteiger partial charge on any atom is 0.337 e. The van der Waals surface area contributed by atoms with Gasteiger partial charge in [-0.15, -0.1) is 0 Å². The summed E-state index contributed by atoms with van der Waals surface area (Å²) in [6.45, 7) is 1.90. The fourth-order valence-corrected chi connectivity index (χ4v) is 2.75. The topological polar surface area (TPSA) is 84.5 Å². The molecule has 3 aromatic rings. The van der Waals surface area contributed by atoms with Gasteiger partial charge in [-0.2, -0.15) is 0 Å². The van der Waals surface area contributed by atoms with Crippen molar-refractivity contribution in [2.75, 3.05) is 17.7 Å². The summed E-state index contributed by atoms with van der Waals surface area (Å²) in [5.41, 5.74) is 3.13. The molecule has 6 heteroatoms. The number of hydrogen-bond acceptors (Lipinski definition) is 4. The average Bonchev–Trinajstić information content (AvgIpc) is 2.75. The number of ether oxygens (including phenoxy) is 1. The smallest absolute Gasteiger partial charge is 0.337 e. The zero-order valence-corrected chi connectivity index (χ0v) is 16.1. The Balaban J connectivity index is 1.75. The molecule has 0 radical (unpaired) electrons. The molecule has 0 bridgehead atoms. The van der Waals surface area contributed by atoms with E-state index < -0.39 is 11.9 Å². The molecule has 0 fully saturated rings. The highest BCUT2D eigenvalue weighted by atomic mass is 16.5. The van der Waals surface area contributed by atoms with E-state index in [4.69, 9.17) is 0 Å². The first-order valence-corrected chi connectivity index (χ1v) is 8.94. The normalized spacial score (nSPS) is 10.1. The van der Waals surface area contributed by atoms with Gasteiger partial charge in [0.25, 0.3) is 11.8 Å². The summed E-state index contributed by atoms with van der Waals surface area (Å²) in [5.74, 6) is -1.19. The Morgan fingerprint density at radius 1 is 0.724 bits per heavy atom. The van der Waals surface area contributed by atoms with Crippen LogP contribution in [0.4, 0.5) is 11.4 Å². The van der Waals surface area contributed by atoms with Crippen molar-refractivity contribution >= 4 is 29.2 Å². The van der Waals surface area contributed by atoms with Gasteiger partial charge in [-0.3, -0.25) is 9.59 Å². The minimum Gasteiger partial charge on any atom is -0.465 e. The first-order valence-electron chi connectivity index (χ1n) is 8.94. The van der Waals surface area contributed by atoms with Crippen LogP contribution in [0.1, 0.15) is 36.6 Å². The lowest BCUT2D eigenvalue weighted by Crippen LogP contribution is -2.16. The number of benzene rings is 3. The van der Waals surface area contributed by atoms with Crippen molar-refractivity contribution in [3.63, 3.8) is 0 Å². The second-order valence-electron chi connectivity index (χ2n) is 6.38. The summed E-state index contributed by atoms with van der Waals surface area (Å²) >= 11 is 0. The fraction of sp³-hybridized carbons (Fsp3) is 0.0870. The van der Waals surface area contributed by atoms with Crippen molar-refractivity contribution in [1.82, 2.24) is 0 Å². The molecule has 29 heavy (non-hydrogen) atoms. The van der Waals surface area contributed by atoms with E-state index in [-0.39, 0.29) is 5.91 Å². The van der Waals surface area contributed by atoms with E-state index in [1.807, 2.05) is 31.2 Å². The number of amides is 2. The molecule has 0 aliphatic rings. The number of nitrogens with one attached hydrogen (secondary N) is 2. The van der Waals surface area contributed by atoms with Gasteiger partial charge in [0, 0.05) is 22.5 Å². The number of carbonyl (C=O) groups is 3. The molecule has 0 aliphatic carbocycles. The lowest BCUT2D eigenvalue weighted by molar-refractivity contribution is 0.0600. The summed E-state index contributed by atoms with van der Waals surface area (Å²) < 4.78 is 4.68. The molecule has 0 saturated carbocycles. The van der Waals surface area contributed by atoms with E-state index in [1.54, 1.807) is 36.4 Å². The van der Waals surface area contributed by atoms with Crippen molar-refractivity contribution in [2.45, 2.75) is 6.92 Å².